The lowest BCUT2D eigenvalue weighted by molar-refractivity contribution is 1.46. The third kappa shape index (κ3) is 2.83. The topological polar surface area (TPSA) is 95.2 Å². The van der Waals surface area contributed by atoms with Crippen LogP contribution in [0.5, 0.6) is 0 Å². The molecule has 100 valence electrons. The summed E-state index contributed by atoms with van der Waals surface area (Å²) in [5.41, 5.74) is 2.58. The van der Waals surface area contributed by atoms with Gasteiger partial charge < -0.3 is 0 Å². The Kier molecular flexibility index (Phi) is 4.32. The molecule has 0 aliphatic carbocycles. The summed E-state index contributed by atoms with van der Waals surface area (Å²) in [4.78, 5) is 0. The smallest absolute Gasteiger partial charge is 0.101 e. The molecule has 0 bridgehead atoms. The summed E-state index contributed by atoms with van der Waals surface area (Å²) >= 11 is 0. The van der Waals surface area contributed by atoms with Gasteiger partial charge in [-0.15, -0.1) is 0 Å². The Hall–Kier alpha value is -3.86. The van der Waals surface area contributed by atoms with Crippen LogP contribution in [0.15, 0.2) is 48.5 Å². The van der Waals surface area contributed by atoms with Crippen molar-refractivity contribution in [1.82, 2.24) is 0 Å². The molecule has 0 radical (unpaired) electrons. The Morgan fingerprint density at radius 3 is 1.09 bits per heavy atom. The second-order valence-corrected chi connectivity index (χ2v) is 4.35. The van der Waals surface area contributed by atoms with E-state index in [9.17, 15) is 10.5 Å². The first kappa shape index (κ1) is 14.5. The fourth-order valence-electron chi connectivity index (χ4n) is 1.95. The lowest BCUT2D eigenvalue weighted by Crippen LogP contribution is -1.90. The molecular weight excluding hydrogens is 272 g/mol. The van der Waals surface area contributed by atoms with Gasteiger partial charge in [-0.25, -0.2) is 0 Å². The summed E-state index contributed by atoms with van der Waals surface area (Å²) in [6.45, 7) is 0. The van der Waals surface area contributed by atoms with Gasteiger partial charge in [0.1, 0.15) is 12.1 Å². The third-order valence-corrected chi connectivity index (χ3v) is 3.08. The molecule has 22 heavy (non-hydrogen) atoms. The van der Waals surface area contributed by atoms with Gasteiger partial charge in [-0.05, 0) is 35.4 Å². The van der Waals surface area contributed by atoms with Crippen molar-refractivity contribution < 1.29 is 0 Å². The predicted octanol–water partition coefficient (Wildman–Crippen LogP) is 3.39. The molecule has 0 spiro atoms. The summed E-state index contributed by atoms with van der Waals surface area (Å²) in [5.74, 6) is 0. The highest BCUT2D eigenvalue weighted by molar-refractivity contribution is 6.02. The Balaban J connectivity index is 2.58. The summed E-state index contributed by atoms with van der Waals surface area (Å²) in [6.07, 6.45) is 0. The first-order valence-corrected chi connectivity index (χ1v) is 6.29. The van der Waals surface area contributed by atoms with Crippen molar-refractivity contribution in [3.05, 3.63) is 70.8 Å². The monoisotopic (exact) mass is 280 g/mol. The van der Waals surface area contributed by atoms with Gasteiger partial charge in [0.2, 0.25) is 0 Å². The first-order chi connectivity index (χ1) is 10.7. The zero-order valence-electron chi connectivity index (χ0n) is 11.4. The number of allylic oxidation sites excluding steroid dienone is 2. The summed E-state index contributed by atoms with van der Waals surface area (Å²) in [7, 11) is 0. The highest BCUT2D eigenvalue weighted by Crippen LogP contribution is 2.26. The summed E-state index contributed by atoms with van der Waals surface area (Å²) in [5, 5.41) is 36.4. The Morgan fingerprint density at radius 1 is 0.545 bits per heavy atom. The second kappa shape index (κ2) is 6.53. The van der Waals surface area contributed by atoms with E-state index < -0.39 is 0 Å². The maximum Gasteiger partial charge on any atom is 0.101 e. The van der Waals surface area contributed by atoms with E-state index in [1.54, 1.807) is 48.5 Å². The van der Waals surface area contributed by atoms with E-state index >= 15 is 0 Å². The number of hydrogen-bond donors (Lipinski definition) is 0. The quantitative estimate of drug-likeness (QED) is 0.622. The maximum absolute atomic E-state index is 9.39. The Bertz CT molecular complexity index is 813. The summed E-state index contributed by atoms with van der Waals surface area (Å²) in [6, 6.07) is 21.0. The molecule has 0 saturated heterocycles. The fourth-order valence-corrected chi connectivity index (χ4v) is 1.95. The fraction of sp³-hybridized carbons (Fsp3) is 0. The Morgan fingerprint density at radius 2 is 0.864 bits per heavy atom. The van der Waals surface area contributed by atoms with Gasteiger partial charge in [0, 0.05) is 0 Å². The normalized spacial score (nSPS) is 10.4. The van der Waals surface area contributed by atoms with Gasteiger partial charge in [-0.1, -0.05) is 24.3 Å². The van der Waals surface area contributed by atoms with E-state index in [4.69, 9.17) is 10.5 Å². The standard InChI is InChI=1S/C18H8N4/c19-9-13-1-5-15(6-2-13)17(11-21)18(12-22)16-7-3-14(10-20)4-8-16/h1-8H/b18-17-. The van der Waals surface area contributed by atoms with E-state index in [-0.39, 0.29) is 11.1 Å². The number of rotatable bonds is 2. The SMILES string of the molecule is N#C/C(=C(\C#N)c1ccc(C#N)cc1)c1ccc(C#N)cc1. The largest absolute Gasteiger partial charge is 0.192 e. The molecule has 0 atom stereocenters. The van der Waals surface area contributed by atoms with Gasteiger partial charge in [0.05, 0.1) is 34.4 Å². The molecule has 0 heterocycles. The van der Waals surface area contributed by atoms with E-state index in [0.29, 0.717) is 22.3 Å². The van der Waals surface area contributed by atoms with Crippen LogP contribution < -0.4 is 0 Å². The second-order valence-electron chi connectivity index (χ2n) is 4.35. The number of nitrogens with zero attached hydrogens (tertiary/aromatic N) is 4. The molecule has 0 unspecified atom stereocenters. The highest BCUT2D eigenvalue weighted by atomic mass is 14.3. The van der Waals surface area contributed by atoms with Gasteiger partial charge >= 0.3 is 0 Å². The molecule has 0 N–H and O–H groups in total. The lowest BCUT2D eigenvalue weighted by atomic mass is 9.95. The molecule has 2 rings (SSSR count). The minimum Gasteiger partial charge on any atom is -0.192 e. The highest BCUT2D eigenvalue weighted by Gasteiger charge is 2.11. The number of nitriles is 4. The van der Waals surface area contributed by atoms with Crippen molar-refractivity contribution in [2.45, 2.75) is 0 Å². The van der Waals surface area contributed by atoms with Crippen molar-refractivity contribution in [2.24, 2.45) is 0 Å². The molecule has 4 nitrogen and oxygen atoms in total. The molecule has 0 aromatic heterocycles. The molecule has 4 heteroatoms. The van der Waals surface area contributed by atoms with Crippen molar-refractivity contribution in [3.8, 4) is 24.3 Å². The zero-order valence-corrected chi connectivity index (χ0v) is 11.4. The average Bonchev–Trinajstić information content (AvgIpc) is 2.60. The van der Waals surface area contributed by atoms with Gasteiger partial charge in [0.25, 0.3) is 0 Å². The van der Waals surface area contributed by atoms with E-state index in [0.717, 1.165) is 0 Å². The maximum atomic E-state index is 9.39. The molecule has 0 aliphatic heterocycles. The minimum absolute atomic E-state index is 0.233. The van der Waals surface area contributed by atoms with Crippen molar-refractivity contribution in [2.75, 3.05) is 0 Å². The molecule has 0 fully saturated rings. The third-order valence-electron chi connectivity index (χ3n) is 3.08. The van der Waals surface area contributed by atoms with Crippen LogP contribution in [0.1, 0.15) is 22.3 Å². The van der Waals surface area contributed by atoms with Crippen LogP contribution in [-0.4, -0.2) is 0 Å². The van der Waals surface area contributed by atoms with Gasteiger partial charge in [0.15, 0.2) is 0 Å². The van der Waals surface area contributed by atoms with E-state index in [1.165, 1.54) is 0 Å². The van der Waals surface area contributed by atoms with Crippen LogP contribution in [0.2, 0.25) is 0 Å². The van der Waals surface area contributed by atoms with Crippen molar-refractivity contribution >= 4 is 11.1 Å². The minimum atomic E-state index is 0.233. The molecule has 0 saturated carbocycles. The molecule has 2 aromatic carbocycles. The zero-order chi connectivity index (χ0) is 15.9. The van der Waals surface area contributed by atoms with Gasteiger partial charge in [-0.2, -0.15) is 21.0 Å². The lowest BCUT2D eigenvalue weighted by Gasteiger charge is -2.04. The average molecular weight is 280 g/mol. The number of hydrogen-bond acceptors (Lipinski definition) is 4. The molecular formula is C18H8N4. The Labute approximate surface area is 128 Å². The molecule has 0 aliphatic rings. The van der Waals surface area contributed by atoms with E-state index in [1.807, 2.05) is 24.3 Å². The molecule has 0 amide bonds. The predicted molar refractivity (Wildman–Crippen MR) is 80.4 cm³/mol. The van der Waals surface area contributed by atoms with Crippen LogP contribution in [0.3, 0.4) is 0 Å². The van der Waals surface area contributed by atoms with Crippen molar-refractivity contribution in [3.63, 3.8) is 0 Å². The van der Waals surface area contributed by atoms with Crippen LogP contribution in [0.4, 0.5) is 0 Å². The van der Waals surface area contributed by atoms with Crippen LogP contribution >= 0.6 is 0 Å². The van der Waals surface area contributed by atoms with Crippen LogP contribution in [-0.2, 0) is 0 Å². The molecule has 2 aromatic rings. The van der Waals surface area contributed by atoms with Crippen LogP contribution in [0, 0.1) is 45.3 Å². The van der Waals surface area contributed by atoms with Crippen molar-refractivity contribution in [1.29, 1.82) is 21.0 Å². The number of benzene rings is 2. The van der Waals surface area contributed by atoms with Crippen LogP contribution in [0.25, 0.3) is 11.1 Å². The summed E-state index contributed by atoms with van der Waals surface area (Å²) < 4.78 is 0. The first-order valence-electron chi connectivity index (χ1n) is 6.29. The van der Waals surface area contributed by atoms with E-state index in [2.05, 4.69) is 0 Å². The van der Waals surface area contributed by atoms with Gasteiger partial charge in [-0.3, -0.25) is 0 Å².